The molecule has 8 nitrogen and oxygen atoms in total. The van der Waals surface area contributed by atoms with Gasteiger partial charge in [-0.15, -0.1) is 21.5 Å². The van der Waals surface area contributed by atoms with E-state index in [1.165, 1.54) is 11.8 Å². The van der Waals surface area contributed by atoms with Gasteiger partial charge < -0.3 is 14.5 Å². The van der Waals surface area contributed by atoms with Crippen LogP contribution >= 0.6 is 23.1 Å². The van der Waals surface area contributed by atoms with Gasteiger partial charge in [0.05, 0.1) is 41.4 Å². The van der Waals surface area contributed by atoms with Crippen molar-refractivity contribution in [3.63, 3.8) is 0 Å². The van der Waals surface area contributed by atoms with E-state index >= 15 is 0 Å². The van der Waals surface area contributed by atoms with Crippen molar-refractivity contribution in [2.75, 3.05) is 14.2 Å². The number of hydrogen-bond acceptors (Lipinski definition) is 8. The molecule has 0 radical (unpaired) electrons. The van der Waals surface area contributed by atoms with Crippen LogP contribution in [0.1, 0.15) is 5.82 Å². The quantitative estimate of drug-likeness (QED) is 0.344. The fourth-order valence-corrected chi connectivity index (χ4v) is 4.97. The van der Waals surface area contributed by atoms with E-state index in [1.54, 1.807) is 43.8 Å². The molecule has 3 aromatic heterocycles. The number of thioether (sulfide) groups is 1. The monoisotopic (exact) mass is 477 g/mol. The van der Waals surface area contributed by atoms with Gasteiger partial charge in [0.15, 0.2) is 11.0 Å². The highest BCUT2D eigenvalue weighted by molar-refractivity contribution is 7.98. The van der Waals surface area contributed by atoms with Gasteiger partial charge in [-0.25, -0.2) is 4.98 Å². The van der Waals surface area contributed by atoms with Gasteiger partial charge in [0, 0.05) is 0 Å². The van der Waals surface area contributed by atoms with Crippen LogP contribution in [0.5, 0.6) is 11.5 Å². The highest BCUT2D eigenvalue weighted by Gasteiger charge is 2.20. The summed E-state index contributed by atoms with van der Waals surface area (Å²) in [6.07, 6.45) is 0. The van der Waals surface area contributed by atoms with Gasteiger partial charge in [-0.1, -0.05) is 30.0 Å². The average molecular weight is 478 g/mol. The van der Waals surface area contributed by atoms with Gasteiger partial charge >= 0.3 is 0 Å². The van der Waals surface area contributed by atoms with E-state index in [0.29, 0.717) is 39.1 Å². The van der Waals surface area contributed by atoms with Crippen LogP contribution in [-0.2, 0) is 5.75 Å². The Morgan fingerprint density at radius 2 is 1.94 bits per heavy atom. The van der Waals surface area contributed by atoms with Crippen LogP contribution in [0.15, 0.2) is 69.9 Å². The fourth-order valence-electron chi connectivity index (χ4n) is 3.45. The van der Waals surface area contributed by atoms with Crippen molar-refractivity contribution in [3.8, 4) is 27.9 Å². The molecule has 5 aromatic rings. The number of aromatic amines is 1. The third-order valence-corrected chi connectivity index (χ3v) is 6.81. The predicted molar refractivity (Wildman–Crippen MR) is 130 cm³/mol. The third kappa shape index (κ3) is 4.10. The minimum Gasteiger partial charge on any atom is -0.497 e. The fraction of sp³-hybridized carbons (Fsp3) is 0.130. The number of nitrogens with zero attached hydrogens (tertiary/aromatic N) is 4. The predicted octanol–water partition coefficient (Wildman–Crippen LogP) is 4.54. The van der Waals surface area contributed by atoms with Crippen molar-refractivity contribution < 1.29 is 9.47 Å². The molecule has 0 spiro atoms. The van der Waals surface area contributed by atoms with Gasteiger partial charge in [0.25, 0.3) is 5.56 Å². The molecule has 0 aliphatic heterocycles. The summed E-state index contributed by atoms with van der Waals surface area (Å²) >= 11 is 3.03. The van der Waals surface area contributed by atoms with Crippen LogP contribution in [0.3, 0.4) is 0 Å². The van der Waals surface area contributed by atoms with Crippen LogP contribution in [0.25, 0.3) is 27.3 Å². The molecule has 3 heterocycles. The number of aromatic nitrogens is 5. The number of hydrogen-bond donors (Lipinski definition) is 1. The molecule has 0 saturated carbocycles. The van der Waals surface area contributed by atoms with Gasteiger partial charge in [-0.05, 0) is 41.8 Å². The number of rotatable bonds is 7. The minimum absolute atomic E-state index is 0.208. The maximum atomic E-state index is 12.6. The second-order valence-electron chi connectivity index (χ2n) is 6.98. The molecule has 166 valence electrons. The molecule has 2 aromatic carbocycles. The lowest BCUT2D eigenvalue weighted by atomic mass is 10.2. The number of benzene rings is 2. The Hall–Kier alpha value is -3.63. The Kier molecular flexibility index (Phi) is 5.84. The molecule has 1 N–H and O–H groups in total. The molecule has 5 rings (SSSR count). The first-order chi connectivity index (χ1) is 16.2. The standard InChI is InChI=1S/C23H19N5O3S2/c1-30-14-9-10-16-15(12-14)22(29)25-20(24-16)13-33-23-27-26-21(19-8-5-11-32-19)28(23)17-6-3-4-7-18(17)31-2/h3-12H,13H2,1-2H3,(H,24,25,29). The van der Waals surface area contributed by atoms with Crippen LogP contribution < -0.4 is 15.0 Å². The number of methoxy groups -OCH3 is 2. The van der Waals surface area contributed by atoms with Crippen LogP contribution in [0.4, 0.5) is 0 Å². The molecule has 33 heavy (non-hydrogen) atoms. The number of nitrogens with one attached hydrogen (secondary N) is 1. The van der Waals surface area contributed by atoms with Crippen LogP contribution in [0.2, 0.25) is 0 Å². The van der Waals surface area contributed by atoms with Crippen molar-refractivity contribution in [1.29, 1.82) is 0 Å². The minimum atomic E-state index is -0.208. The van der Waals surface area contributed by atoms with Gasteiger partial charge in [0.2, 0.25) is 0 Å². The Labute approximate surface area is 197 Å². The molecule has 0 unspecified atom stereocenters. The van der Waals surface area contributed by atoms with Crippen molar-refractivity contribution in [3.05, 3.63) is 76.2 Å². The molecule has 0 aliphatic rings. The smallest absolute Gasteiger partial charge is 0.258 e. The van der Waals surface area contributed by atoms with Gasteiger partial charge in [-0.3, -0.25) is 9.36 Å². The van der Waals surface area contributed by atoms with Crippen molar-refractivity contribution in [2.24, 2.45) is 0 Å². The van der Waals surface area contributed by atoms with Gasteiger partial charge in [-0.2, -0.15) is 0 Å². The summed E-state index contributed by atoms with van der Waals surface area (Å²) in [5, 5.41) is 12.0. The summed E-state index contributed by atoms with van der Waals surface area (Å²) in [5.41, 5.74) is 1.24. The number of ether oxygens (including phenoxy) is 2. The Bertz CT molecular complexity index is 1480. The molecule has 0 saturated heterocycles. The second-order valence-corrected chi connectivity index (χ2v) is 8.87. The Morgan fingerprint density at radius 1 is 1.06 bits per heavy atom. The third-order valence-electron chi connectivity index (χ3n) is 5.00. The van der Waals surface area contributed by atoms with E-state index in [9.17, 15) is 4.79 Å². The summed E-state index contributed by atoms with van der Waals surface area (Å²) in [4.78, 5) is 21.1. The molecule has 0 bridgehead atoms. The van der Waals surface area contributed by atoms with Crippen molar-refractivity contribution in [1.82, 2.24) is 24.7 Å². The molecule has 0 fully saturated rings. The van der Waals surface area contributed by atoms with E-state index in [1.807, 2.05) is 46.3 Å². The first kappa shape index (κ1) is 21.2. The first-order valence-electron chi connectivity index (χ1n) is 10.0. The lowest BCUT2D eigenvalue weighted by molar-refractivity contribution is 0.412. The number of para-hydroxylation sites is 2. The van der Waals surface area contributed by atoms with E-state index < -0.39 is 0 Å². The summed E-state index contributed by atoms with van der Waals surface area (Å²) in [6, 6.07) is 17.0. The van der Waals surface area contributed by atoms with Crippen molar-refractivity contribution >= 4 is 34.0 Å². The largest absolute Gasteiger partial charge is 0.497 e. The number of thiophene rings is 1. The molecule has 0 amide bonds. The normalized spacial score (nSPS) is 11.1. The maximum absolute atomic E-state index is 12.6. The first-order valence-corrected chi connectivity index (χ1v) is 11.9. The highest BCUT2D eigenvalue weighted by atomic mass is 32.2. The van der Waals surface area contributed by atoms with Crippen LogP contribution in [-0.4, -0.2) is 39.0 Å². The lowest BCUT2D eigenvalue weighted by Crippen LogP contribution is -2.11. The van der Waals surface area contributed by atoms with E-state index in [-0.39, 0.29) is 5.56 Å². The average Bonchev–Trinajstić information content (AvgIpc) is 3.52. The molecule has 10 heteroatoms. The molecule has 0 atom stereocenters. The van der Waals surface area contributed by atoms with E-state index in [0.717, 1.165) is 16.4 Å². The van der Waals surface area contributed by atoms with E-state index in [2.05, 4.69) is 20.2 Å². The summed E-state index contributed by atoms with van der Waals surface area (Å²) in [7, 11) is 3.20. The second kappa shape index (κ2) is 9.08. The summed E-state index contributed by atoms with van der Waals surface area (Å²) < 4.78 is 12.8. The maximum Gasteiger partial charge on any atom is 0.258 e. The SMILES string of the molecule is COc1ccc2nc(CSc3nnc(-c4cccs4)n3-c3ccccc3OC)[nH]c(=O)c2c1. The Morgan fingerprint density at radius 3 is 2.73 bits per heavy atom. The highest BCUT2D eigenvalue weighted by Crippen LogP contribution is 2.34. The topological polar surface area (TPSA) is 94.9 Å². The van der Waals surface area contributed by atoms with Crippen LogP contribution in [0, 0.1) is 0 Å². The van der Waals surface area contributed by atoms with E-state index in [4.69, 9.17) is 9.47 Å². The lowest BCUT2D eigenvalue weighted by Gasteiger charge is -2.13. The Balaban J connectivity index is 1.52. The summed E-state index contributed by atoms with van der Waals surface area (Å²) in [6.45, 7) is 0. The zero-order chi connectivity index (χ0) is 22.8. The van der Waals surface area contributed by atoms with Gasteiger partial charge in [0.1, 0.15) is 17.3 Å². The summed E-state index contributed by atoms with van der Waals surface area (Å²) in [5.74, 6) is 3.01. The molecule has 0 aliphatic carbocycles. The zero-order valence-corrected chi connectivity index (χ0v) is 19.4. The molecular formula is C23H19N5O3S2. The van der Waals surface area contributed by atoms with Crippen molar-refractivity contribution in [2.45, 2.75) is 10.9 Å². The molecular weight excluding hydrogens is 458 g/mol. The number of H-pyrrole nitrogens is 1. The zero-order valence-electron chi connectivity index (χ0n) is 17.8. The number of fused-ring (bicyclic) bond motifs is 1.